The molecule has 0 aliphatic carbocycles. The van der Waals surface area contributed by atoms with Crippen LogP contribution < -0.4 is 4.74 Å². The number of ether oxygens (including phenoxy) is 1. The quantitative estimate of drug-likeness (QED) is 0.562. The highest BCUT2D eigenvalue weighted by molar-refractivity contribution is 6.30. The summed E-state index contributed by atoms with van der Waals surface area (Å²) in [4.78, 5) is 18.5. The molecule has 1 saturated heterocycles. The molecule has 0 saturated carbocycles. The number of benzene rings is 2. The van der Waals surface area contributed by atoms with E-state index in [1.807, 2.05) is 30.5 Å². The molecule has 0 bridgehead atoms. The number of carbonyl (C=O) groups excluding carboxylic acids is 1. The van der Waals surface area contributed by atoms with Crippen LogP contribution in [0.25, 0.3) is 5.57 Å². The Hall–Kier alpha value is -2.43. The number of allylic oxidation sites excluding steroid dienone is 1. The minimum absolute atomic E-state index is 0.452. The summed E-state index contributed by atoms with van der Waals surface area (Å²) in [7, 11) is 0. The average molecular weight is 409 g/mol. The lowest BCUT2D eigenvalue weighted by Gasteiger charge is -2.24. The third-order valence-corrected chi connectivity index (χ3v) is 5.86. The van der Waals surface area contributed by atoms with Gasteiger partial charge in [-0.1, -0.05) is 30.7 Å². The molecule has 2 aromatic rings. The topological polar surface area (TPSA) is 41.9 Å². The SMILES string of the molecule is CC1CC(c2ccc(Oc3cc(Cl)ccc3C=O)cc2)=CN=C1CN1CCCC1. The van der Waals surface area contributed by atoms with Gasteiger partial charge in [0.25, 0.3) is 0 Å². The van der Waals surface area contributed by atoms with E-state index in [0.29, 0.717) is 28.0 Å². The minimum Gasteiger partial charge on any atom is -0.457 e. The van der Waals surface area contributed by atoms with Crippen molar-refractivity contribution >= 4 is 29.2 Å². The number of aldehydes is 1. The van der Waals surface area contributed by atoms with Crippen molar-refractivity contribution in [2.75, 3.05) is 19.6 Å². The predicted molar refractivity (Wildman–Crippen MR) is 118 cm³/mol. The van der Waals surface area contributed by atoms with Gasteiger partial charge in [0.1, 0.15) is 11.5 Å². The van der Waals surface area contributed by atoms with Crippen molar-refractivity contribution in [3.63, 3.8) is 0 Å². The molecule has 1 fully saturated rings. The van der Waals surface area contributed by atoms with Crippen molar-refractivity contribution in [1.82, 2.24) is 4.90 Å². The fourth-order valence-electron chi connectivity index (χ4n) is 3.91. The van der Waals surface area contributed by atoms with E-state index in [-0.39, 0.29) is 0 Å². The Morgan fingerprint density at radius 2 is 1.93 bits per heavy atom. The smallest absolute Gasteiger partial charge is 0.153 e. The number of halogens is 1. The van der Waals surface area contributed by atoms with Crippen molar-refractivity contribution in [3.8, 4) is 11.5 Å². The largest absolute Gasteiger partial charge is 0.457 e. The summed E-state index contributed by atoms with van der Waals surface area (Å²) in [6.45, 7) is 5.65. The summed E-state index contributed by atoms with van der Waals surface area (Å²) in [5.41, 5.74) is 4.15. The maximum absolute atomic E-state index is 11.2. The first-order valence-corrected chi connectivity index (χ1v) is 10.5. The van der Waals surface area contributed by atoms with Gasteiger partial charge in [0, 0.05) is 29.5 Å². The van der Waals surface area contributed by atoms with Crippen LogP contribution in [0.15, 0.2) is 53.7 Å². The third kappa shape index (κ3) is 4.77. The van der Waals surface area contributed by atoms with Gasteiger partial charge in [-0.3, -0.25) is 14.7 Å². The van der Waals surface area contributed by atoms with Crippen molar-refractivity contribution < 1.29 is 9.53 Å². The van der Waals surface area contributed by atoms with E-state index in [0.717, 1.165) is 24.8 Å². The maximum Gasteiger partial charge on any atom is 0.153 e. The molecular formula is C24H25ClN2O2. The van der Waals surface area contributed by atoms with Crippen molar-refractivity contribution in [3.05, 3.63) is 64.8 Å². The number of rotatable bonds is 6. The summed E-state index contributed by atoms with van der Waals surface area (Å²) in [5, 5.41) is 0.533. The minimum atomic E-state index is 0.452. The van der Waals surface area contributed by atoms with E-state index in [4.69, 9.17) is 21.3 Å². The van der Waals surface area contributed by atoms with Gasteiger partial charge >= 0.3 is 0 Å². The molecular weight excluding hydrogens is 384 g/mol. The van der Waals surface area contributed by atoms with Gasteiger partial charge in [0.2, 0.25) is 0 Å². The molecule has 2 aliphatic rings. The van der Waals surface area contributed by atoms with E-state index in [1.54, 1.807) is 18.2 Å². The molecule has 0 amide bonds. The molecule has 2 heterocycles. The van der Waals surface area contributed by atoms with Crippen LogP contribution >= 0.6 is 11.6 Å². The highest BCUT2D eigenvalue weighted by Gasteiger charge is 2.21. The third-order valence-electron chi connectivity index (χ3n) is 5.62. The number of likely N-dealkylation sites (tertiary alicyclic amines) is 1. The van der Waals surface area contributed by atoms with Crippen molar-refractivity contribution in [2.24, 2.45) is 10.9 Å². The van der Waals surface area contributed by atoms with Crippen LogP contribution in [0.4, 0.5) is 0 Å². The van der Waals surface area contributed by atoms with Crippen LogP contribution in [-0.2, 0) is 0 Å². The Labute approximate surface area is 176 Å². The standard InChI is InChI=1S/C24H25ClN2O2/c1-17-12-20(14-26-23(17)15-27-10-2-3-11-27)18-5-8-22(9-6-18)29-24-13-21(25)7-4-19(24)16-28/h4-9,13-14,16-17H,2-3,10-12,15H2,1H3. The second kappa shape index (κ2) is 8.93. The van der Waals surface area contributed by atoms with Crippen LogP contribution in [0, 0.1) is 5.92 Å². The molecule has 1 atom stereocenters. The molecule has 0 spiro atoms. The Bertz CT molecular complexity index is 944. The number of nitrogens with zero attached hydrogens (tertiary/aromatic N) is 2. The van der Waals surface area contributed by atoms with Crippen LogP contribution in [-0.4, -0.2) is 36.5 Å². The van der Waals surface area contributed by atoms with Crippen molar-refractivity contribution in [2.45, 2.75) is 26.2 Å². The van der Waals surface area contributed by atoms with Crippen LogP contribution in [0.1, 0.15) is 42.1 Å². The zero-order valence-corrected chi connectivity index (χ0v) is 17.4. The van der Waals surface area contributed by atoms with Crippen LogP contribution in [0.5, 0.6) is 11.5 Å². The summed E-state index contributed by atoms with van der Waals surface area (Å²) >= 11 is 6.03. The number of hydrogen-bond acceptors (Lipinski definition) is 4. The zero-order chi connectivity index (χ0) is 20.2. The number of aliphatic imine (C=N–C) groups is 1. The summed E-state index contributed by atoms with van der Waals surface area (Å²) in [6, 6.07) is 12.9. The van der Waals surface area contributed by atoms with Gasteiger partial charge in [-0.15, -0.1) is 0 Å². The van der Waals surface area contributed by atoms with E-state index < -0.39 is 0 Å². The Morgan fingerprint density at radius 1 is 1.17 bits per heavy atom. The average Bonchev–Trinajstić information content (AvgIpc) is 3.23. The second-order valence-corrected chi connectivity index (χ2v) is 8.23. The van der Waals surface area contributed by atoms with E-state index in [9.17, 15) is 4.79 Å². The first-order chi connectivity index (χ1) is 14.1. The number of hydrogen-bond donors (Lipinski definition) is 0. The lowest BCUT2D eigenvalue weighted by atomic mass is 9.90. The molecule has 29 heavy (non-hydrogen) atoms. The van der Waals surface area contributed by atoms with Crippen molar-refractivity contribution in [1.29, 1.82) is 0 Å². The van der Waals surface area contributed by atoms with Gasteiger partial charge < -0.3 is 4.74 Å². The van der Waals surface area contributed by atoms with E-state index in [1.165, 1.54) is 37.2 Å². The molecule has 0 radical (unpaired) electrons. The zero-order valence-electron chi connectivity index (χ0n) is 16.6. The Morgan fingerprint density at radius 3 is 2.62 bits per heavy atom. The maximum atomic E-state index is 11.2. The first kappa shape index (κ1) is 19.9. The normalized spacial score (nSPS) is 19.6. The van der Waals surface area contributed by atoms with E-state index >= 15 is 0 Å². The number of carbonyl (C=O) groups is 1. The highest BCUT2D eigenvalue weighted by Crippen LogP contribution is 2.31. The second-order valence-electron chi connectivity index (χ2n) is 7.79. The van der Waals surface area contributed by atoms with Gasteiger partial charge in [-0.25, -0.2) is 0 Å². The fraction of sp³-hybridized carbons (Fsp3) is 0.333. The molecule has 150 valence electrons. The van der Waals surface area contributed by atoms with Crippen LogP contribution in [0.2, 0.25) is 5.02 Å². The first-order valence-electron chi connectivity index (χ1n) is 10.1. The monoisotopic (exact) mass is 408 g/mol. The molecule has 4 nitrogen and oxygen atoms in total. The molecule has 2 aromatic carbocycles. The van der Waals surface area contributed by atoms with Gasteiger partial charge in [0.05, 0.1) is 5.56 Å². The lowest BCUT2D eigenvalue weighted by molar-refractivity contribution is 0.112. The molecule has 1 unspecified atom stereocenters. The molecule has 4 rings (SSSR count). The van der Waals surface area contributed by atoms with Gasteiger partial charge in [0.15, 0.2) is 6.29 Å². The summed E-state index contributed by atoms with van der Waals surface area (Å²) in [5.74, 6) is 1.58. The Balaban J connectivity index is 1.46. The summed E-state index contributed by atoms with van der Waals surface area (Å²) < 4.78 is 5.87. The highest BCUT2D eigenvalue weighted by atomic mass is 35.5. The molecule has 0 aromatic heterocycles. The Kier molecular flexibility index (Phi) is 6.12. The molecule has 2 aliphatic heterocycles. The molecule has 5 heteroatoms. The fourth-order valence-corrected chi connectivity index (χ4v) is 4.07. The van der Waals surface area contributed by atoms with E-state index in [2.05, 4.69) is 11.8 Å². The predicted octanol–water partition coefficient (Wildman–Crippen LogP) is 5.86. The summed E-state index contributed by atoms with van der Waals surface area (Å²) in [6.07, 6.45) is 6.40. The lowest BCUT2D eigenvalue weighted by Crippen LogP contribution is -2.31. The van der Waals surface area contributed by atoms with Gasteiger partial charge in [-0.05, 0) is 73.7 Å². The van der Waals surface area contributed by atoms with Crippen LogP contribution in [0.3, 0.4) is 0 Å². The van der Waals surface area contributed by atoms with Gasteiger partial charge in [-0.2, -0.15) is 0 Å². The molecule has 0 N–H and O–H groups in total.